The minimum Gasteiger partial charge on any atom is -0.504 e. The number of unbranched alkanes of at least 4 members (excludes halogenated alkanes) is 1. The van der Waals surface area contributed by atoms with E-state index < -0.39 is 11.9 Å². The SMILES string of the molecule is O=C(O)CCCCC(=O)Oc1ccccc1Oc1ccccc1O. The van der Waals surface area contributed by atoms with Crippen LogP contribution in [0.15, 0.2) is 48.5 Å². The summed E-state index contributed by atoms with van der Waals surface area (Å²) in [4.78, 5) is 22.3. The highest BCUT2D eigenvalue weighted by molar-refractivity contribution is 5.73. The fourth-order valence-electron chi connectivity index (χ4n) is 2.00. The van der Waals surface area contributed by atoms with Crippen LogP contribution in [0.2, 0.25) is 0 Å². The third-order valence-corrected chi connectivity index (χ3v) is 3.18. The number of carbonyl (C=O) groups is 2. The molecule has 6 heteroatoms. The van der Waals surface area contributed by atoms with Crippen molar-refractivity contribution in [3.05, 3.63) is 48.5 Å². The predicted octanol–water partition coefficient (Wildman–Crippen LogP) is 3.73. The fourth-order valence-corrected chi connectivity index (χ4v) is 2.00. The Morgan fingerprint density at radius 1 is 0.833 bits per heavy atom. The zero-order valence-corrected chi connectivity index (χ0v) is 13.0. The molecule has 126 valence electrons. The van der Waals surface area contributed by atoms with E-state index in [0.717, 1.165) is 0 Å². The first-order valence-corrected chi connectivity index (χ1v) is 7.53. The van der Waals surface area contributed by atoms with Crippen molar-refractivity contribution in [1.82, 2.24) is 0 Å². The number of aromatic hydroxyl groups is 1. The third kappa shape index (κ3) is 5.31. The van der Waals surface area contributed by atoms with Gasteiger partial charge in [-0.25, -0.2) is 0 Å². The molecule has 2 aromatic rings. The first-order chi connectivity index (χ1) is 11.6. The lowest BCUT2D eigenvalue weighted by Gasteiger charge is -2.12. The van der Waals surface area contributed by atoms with Gasteiger partial charge in [0.25, 0.3) is 0 Å². The average Bonchev–Trinajstić information content (AvgIpc) is 2.55. The second-order valence-corrected chi connectivity index (χ2v) is 5.09. The van der Waals surface area contributed by atoms with E-state index in [1.807, 2.05) is 0 Å². The van der Waals surface area contributed by atoms with Gasteiger partial charge in [0.2, 0.25) is 0 Å². The summed E-state index contributed by atoms with van der Waals surface area (Å²) in [6.45, 7) is 0. The molecule has 0 fully saturated rings. The minimum absolute atomic E-state index is 0.0210. The van der Waals surface area contributed by atoms with Crippen LogP contribution in [0.25, 0.3) is 0 Å². The van der Waals surface area contributed by atoms with E-state index in [2.05, 4.69) is 0 Å². The number of ether oxygens (including phenoxy) is 2. The number of hydrogen-bond donors (Lipinski definition) is 2. The van der Waals surface area contributed by atoms with Crippen molar-refractivity contribution < 1.29 is 29.3 Å². The lowest BCUT2D eigenvalue weighted by atomic mass is 10.2. The van der Waals surface area contributed by atoms with Crippen molar-refractivity contribution in [3.63, 3.8) is 0 Å². The minimum atomic E-state index is -0.884. The normalized spacial score (nSPS) is 10.2. The van der Waals surface area contributed by atoms with E-state index in [1.165, 1.54) is 6.07 Å². The molecule has 0 heterocycles. The molecule has 0 bridgehead atoms. The summed E-state index contributed by atoms with van der Waals surface area (Å²) in [5, 5.41) is 18.3. The summed E-state index contributed by atoms with van der Waals surface area (Å²) < 4.78 is 10.9. The maximum atomic E-state index is 11.9. The number of rotatable bonds is 8. The zero-order chi connectivity index (χ0) is 17.4. The summed E-state index contributed by atoms with van der Waals surface area (Å²) in [5.41, 5.74) is 0. The topological polar surface area (TPSA) is 93.1 Å². The van der Waals surface area contributed by atoms with E-state index in [1.54, 1.807) is 42.5 Å². The molecule has 0 saturated carbocycles. The van der Waals surface area contributed by atoms with Gasteiger partial charge in [0.15, 0.2) is 23.0 Å². The van der Waals surface area contributed by atoms with Gasteiger partial charge in [-0.3, -0.25) is 9.59 Å². The lowest BCUT2D eigenvalue weighted by Crippen LogP contribution is -2.08. The van der Waals surface area contributed by atoms with Crippen LogP contribution in [-0.4, -0.2) is 22.2 Å². The molecule has 0 unspecified atom stereocenters. The van der Waals surface area contributed by atoms with Gasteiger partial charge in [-0.2, -0.15) is 0 Å². The Balaban J connectivity index is 1.97. The van der Waals surface area contributed by atoms with Crippen LogP contribution in [-0.2, 0) is 9.59 Å². The van der Waals surface area contributed by atoms with Gasteiger partial charge in [-0.05, 0) is 37.1 Å². The van der Waals surface area contributed by atoms with Gasteiger partial charge in [-0.15, -0.1) is 0 Å². The highest BCUT2D eigenvalue weighted by Gasteiger charge is 2.12. The Labute approximate surface area is 139 Å². The summed E-state index contributed by atoms with van der Waals surface area (Å²) in [6.07, 6.45) is 1.01. The first-order valence-electron chi connectivity index (χ1n) is 7.53. The standard InChI is InChI=1S/C18H18O6/c19-13-7-1-2-8-14(13)23-15-9-3-4-10-16(15)24-18(22)12-6-5-11-17(20)21/h1-4,7-10,19H,5-6,11-12H2,(H,20,21). The molecule has 2 N–H and O–H groups in total. The molecule has 24 heavy (non-hydrogen) atoms. The molecule has 0 amide bonds. The number of phenolic OH excluding ortho intramolecular Hbond substituents is 1. The molecule has 0 atom stereocenters. The molecule has 0 aliphatic rings. The molecule has 2 rings (SSSR count). The quantitative estimate of drug-likeness (QED) is 0.435. The van der Waals surface area contributed by atoms with Crippen LogP contribution in [0, 0.1) is 0 Å². The van der Waals surface area contributed by atoms with Gasteiger partial charge < -0.3 is 19.7 Å². The maximum Gasteiger partial charge on any atom is 0.311 e. The molecule has 0 aliphatic carbocycles. The Morgan fingerprint density at radius 3 is 2.08 bits per heavy atom. The Kier molecular flexibility index (Phi) is 6.19. The number of esters is 1. The van der Waals surface area contributed by atoms with E-state index in [-0.39, 0.29) is 30.1 Å². The molecule has 0 aromatic heterocycles. The van der Waals surface area contributed by atoms with Crippen LogP contribution in [0.1, 0.15) is 25.7 Å². The van der Waals surface area contributed by atoms with Crippen molar-refractivity contribution >= 4 is 11.9 Å². The smallest absolute Gasteiger partial charge is 0.311 e. The van der Waals surface area contributed by atoms with Gasteiger partial charge in [0, 0.05) is 12.8 Å². The van der Waals surface area contributed by atoms with Crippen LogP contribution in [0.3, 0.4) is 0 Å². The van der Waals surface area contributed by atoms with E-state index in [0.29, 0.717) is 18.6 Å². The fraction of sp³-hybridized carbons (Fsp3) is 0.222. The van der Waals surface area contributed by atoms with Gasteiger partial charge >= 0.3 is 11.9 Å². The van der Waals surface area contributed by atoms with Crippen molar-refractivity contribution in [2.24, 2.45) is 0 Å². The van der Waals surface area contributed by atoms with Crippen LogP contribution in [0.5, 0.6) is 23.0 Å². The molecule has 0 radical (unpaired) electrons. The summed E-state index contributed by atoms with van der Waals surface area (Å²) in [5.74, 6) is -0.574. The lowest BCUT2D eigenvalue weighted by molar-refractivity contribution is -0.138. The number of hydrogen-bond acceptors (Lipinski definition) is 5. The Hall–Kier alpha value is -3.02. The van der Waals surface area contributed by atoms with E-state index >= 15 is 0 Å². The number of phenols is 1. The van der Waals surface area contributed by atoms with Gasteiger partial charge in [0.05, 0.1) is 0 Å². The van der Waals surface area contributed by atoms with E-state index in [9.17, 15) is 14.7 Å². The van der Waals surface area contributed by atoms with Crippen molar-refractivity contribution in [2.45, 2.75) is 25.7 Å². The largest absolute Gasteiger partial charge is 0.504 e. The summed E-state index contributed by atoms with van der Waals surface area (Å²) >= 11 is 0. The maximum absolute atomic E-state index is 11.9. The van der Waals surface area contributed by atoms with Crippen molar-refractivity contribution in [1.29, 1.82) is 0 Å². The number of carboxylic acid groups (broad SMARTS) is 1. The van der Waals surface area contributed by atoms with Crippen molar-refractivity contribution in [2.75, 3.05) is 0 Å². The number of carboxylic acids is 1. The highest BCUT2D eigenvalue weighted by Crippen LogP contribution is 2.35. The first kappa shape index (κ1) is 17.3. The number of aliphatic carboxylic acids is 1. The molecular formula is C18H18O6. The van der Waals surface area contributed by atoms with Crippen LogP contribution in [0.4, 0.5) is 0 Å². The highest BCUT2D eigenvalue weighted by atomic mass is 16.6. The van der Waals surface area contributed by atoms with Crippen LogP contribution >= 0.6 is 0 Å². The number of benzene rings is 2. The summed E-state index contributed by atoms with van der Waals surface area (Å²) in [6, 6.07) is 13.1. The predicted molar refractivity (Wildman–Crippen MR) is 86.4 cm³/mol. The molecule has 6 nitrogen and oxygen atoms in total. The molecular weight excluding hydrogens is 312 g/mol. The Bertz CT molecular complexity index is 710. The second-order valence-electron chi connectivity index (χ2n) is 5.09. The second kappa shape index (κ2) is 8.57. The van der Waals surface area contributed by atoms with Crippen molar-refractivity contribution in [3.8, 4) is 23.0 Å². The molecule has 0 spiro atoms. The molecule has 0 saturated heterocycles. The molecule has 2 aromatic carbocycles. The number of carbonyl (C=O) groups excluding carboxylic acids is 1. The third-order valence-electron chi connectivity index (χ3n) is 3.18. The van der Waals surface area contributed by atoms with Gasteiger partial charge in [-0.1, -0.05) is 24.3 Å². The zero-order valence-electron chi connectivity index (χ0n) is 13.0. The van der Waals surface area contributed by atoms with Gasteiger partial charge in [0.1, 0.15) is 0 Å². The number of para-hydroxylation sites is 4. The summed E-state index contributed by atoms with van der Waals surface area (Å²) in [7, 11) is 0. The monoisotopic (exact) mass is 330 g/mol. The Morgan fingerprint density at radius 2 is 1.42 bits per heavy atom. The van der Waals surface area contributed by atoms with E-state index in [4.69, 9.17) is 14.6 Å². The molecule has 0 aliphatic heterocycles. The van der Waals surface area contributed by atoms with Crippen LogP contribution < -0.4 is 9.47 Å². The average molecular weight is 330 g/mol.